The fraction of sp³-hybridized carbons (Fsp3) is 0.211. The van der Waals surface area contributed by atoms with Crippen molar-refractivity contribution < 1.29 is 32.5 Å². The zero-order valence-corrected chi connectivity index (χ0v) is 16.2. The Labute approximate surface area is 169 Å². The molecule has 0 bridgehead atoms. The number of hydrogen-bond acceptors (Lipinski definition) is 7. The van der Waals surface area contributed by atoms with Crippen LogP contribution in [0.25, 0.3) is 11.4 Å². The van der Waals surface area contributed by atoms with Gasteiger partial charge in [0.25, 0.3) is 5.91 Å². The van der Waals surface area contributed by atoms with Crippen LogP contribution in [0.15, 0.2) is 36.4 Å². The first-order valence-corrected chi connectivity index (χ1v) is 8.54. The maximum absolute atomic E-state index is 12.8. The van der Waals surface area contributed by atoms with Gasteiger partial charge in [-0.1, -0.05) is 6.07 Å². The Balaban J connectivity index is 1.86. The molecule has 0 aliphatic heterocycles. The summed E-state index contributed by atoms with van der Waals surface area (Å²) in [5, 5.41) is 9.06. The topological polar surface area (TPSA) is 108 Å². The third-order valence-electron chi connectivity index (χ3n) is 4.02. The molecule has 2 N–H and O–H groups in total. The minimum absolute atomic E-state index is 0.0124. The number of para-hydroxylation sites is 1. The molecule has 0 saturated heterocycles. The van der Waals surface area contributed by atoms with Crippen LogP contribution < -0.4 is 24.3 Å². The standard InChI is InChI=1S/C19H18F2N4O5/c1-27-10-7-8-11(14(9-10)29-3)16-22-19(25-24-16)23-17(26)12-5-4-6-13(28-2)15(12)30-18(20)21/h4-9,18H,1-3H3,(H2,22,23,24,25,26). The summed E-state index contributed by atoms with van der Waals surface area (Å²) in [5.74, 6) is 0.161. The second kappa shape index (κ2) is 9.07. The minimum atomic E-state index is -3.13. The maximum Gasteiger partial charge on any atom is 0.387 e. The zero-order chi connectivity index (χ0) is 21.7. The van der Waals surface area contributed by atoms with E-state index in [1.54, 1.807) is 18.2 Å². The number of carbonyl (C=O) groups is 1. The Kier molecular flexibility index (Phi) is 6.30. The highest BCUT2D eigenvalue weighted by atomic mass is 19.3. The zero-order valence-electron chi connectivity index (χ0n) is 16.2. The Morgan fingerprint density at radius 1 is 1.07 bits per heavy atom. The van der Waals surface area contributed by atoms with Gasteiger partial charge in [-0.05, 0) is 24.3 Å². The van der Waals surface area contributed by atoms with Gasteiger partial charge >= 0.3 is 6.61 Å². The molecular formula is C19H18F2N4O5. The highest BCUT2D eigenvalue weighted by molar-refractivity contribution is 6.06. The van der Waals surface area contributed by atoms with Gasteiger partial charge in [0.05, 0.1) is 32.5 Å². The monoisotopic (exact) mass is 420 g/mol. The van der Waals surface area contributed by atoms with Crippen LogP contribution in [0.2, 0.25) is 0 Å². The lowest BCUT2D eigenvalue weighted by molar-refractivity contribution is -0.0515. The van der Waals surface area contributed by atoms with Crippen LogP contribution in [0.4, 0.5) is 14.7 Å². The molecule has 11 heteroatoms. The number of rotatable bonds is 8. The smallest absolute Gasteiger partial charge is 0.387 e. The van der Waals surface area contributed by atoms with E-state index in [0.717, 1.165) is 0 Å². The summed E-state index contributed by atoms with van der Waals surface area (Å²) in [7, 11) is 4.30. The number of anilines is 1. The van der Waals surface area contributed by atoms with Gasteiger partial charge in [0, 0.05) is 6.07 Å². The van der Waals surface area contributed by atoms with E-state index in [0.29, 0.717) is 22.9 Å². The molecule has 0 spiro atoms. The molecule has 3 aromatic rings. The fourth-order valence-corrected chi connectivity index (χ4v) is 2.67. The van der Waals surface area contributed by atoms with E-state index >= 15 is 0 Å². The molecule has 0 saturated carbocycles. The van der Waals surface area contributed by atoms with Crippen LogP contribution in [0, 0.1) is 0 Å². The number of hydrogen-bond donors (Lipinski definition) is 2. The van der Waals surface area contributed by atoms with E-state index in [4.69, 9.17) is 14.2 Å². The summed E-state index contributed by atoms with van der Waals surface area (Å²) in [6.07, 6.45) is 0. The first-order chi connectivity index (χ1) is 14.5. The first-order valence-electron chi connectivity index (χ1n) is 8.54. The highest BCUT2D eigenvalue weighted by Gasteiger charge is 2.22. The van der Waals surface area contributed by atoms with Crippen LogP contribution in [0.5, 0.6) is 23.0 Å². The summed E-state index contributed by atoms with van der Waals surface area (Å²) >= 11 is 0. The molecule has 1 amide bonds. The second-order valence-electron chi connectivity index (χ2n) is 5.74. The number of halogens is 2. The molecule has 0 aliphatic rings. The van der Waals surface area contributed by atoms with Crippen molar-refractivity contribution in [2.75, 3.05) is 26.6 Å². The number of aromatic amines is 1. The lowest BCUT2D eigenvalue weighted by atomic mass is 10.1. The van der Waals surface area contributed by atoms with Crippen molar-refractivity contribution in [3.63, 3.8) is 0 Å². The van der Waals surface area contributed by atoms with E-state index in [9.17, 15) is 13.6 Å². The van der Waals surface area contributed by atoms with Gasteiger partial charge in [0.1, 0.15) is 11.5 Å². The largest absolute Gasteiger partial charge is 0.497 e. The van der Waals surface area contributed by atoms with Crippen LogP contribution in [0.1, 0.15) is 10.4 Å². The second-order valence-corrected chi connectivity index (χ2v) is 5.74. The van der Waals surface area contributed by atoms with Gasteiger partial charge in [-0.25, -0.2) is 0 Å². The average molecular weight is 420 g/mol. The van der Waals surface area contributed by atoms with Crippen molar-refractivity contribution in [1.82, 2.24) is 15.2 Å². The van der Waals surface area contributed by atoms with Gasteiger partial charge in [-0.3, -0.25) is 15.2 Å². The molecule has 0 radical (unpaired) electrons. The third-order valence-corrected chi connectivity index (χ3v) is 4.02. The summed E-state index contributed by atoms with van der Waals surface area (Å²) < 4.78 is 45.5. The Hall–Kier alpha value is -3.89. The summed E-state index contributed by atoms with van der Waals surface area (Å²) in [5.41, 5.74) is 0.414. The molecule has 1 heterocycles. The lowest BCUT2D eigenvalue weighted by Gasteiger charge is -2.13. The number of carbonyl (C=O) groups excluding carboxylic acids is 1. The predicted octanol–water partition coefficient (Wildman–Crippen LogP) is 3.35. The number of methoxy groups -OCH3 is 3. The molecule has 2 aromatic carbocycles. The Morgan fingerprint density at radius 3 is 2.50 bits per heavy atom. The highest BCUT2D eigenvalue weighted by Crippen LogP contribution is 2.34. The summed E-state index contributed by atoms with van der Waals surface area (Å²) in [6.45, 7) is -3.13. The average Bonchev–Trinajstić information content (AvgIpc) is 3.21. The molecule has 3 rings (SSSR count). The van der Waals surface area contributed by atoms with E-state index in [1.165, 1.54) is 39.5 Å². The molecule has 0 atom stereocenters. The SMILES string of the molecule is COc1ccc(-c2nc(NC(=O)c3cccc(OC)c3OC(F)F)n[nH]2)c(OC)c1. The molecule has 0 fully saturated rings. The summed E-state index contributed by atoms with van der Waals surface area (Å²) in [6, 6.07) is 9.27. The number of amides is 1. The predicted molar refractivity (Wildman–Crippen MR) is 103 cm³/mol. The van der Waals surface area contributed by atoms with Crippen molar-refractivity contribution in [1.29, 1.82) is 0 Å². The van der Waals surface area contributed by atoms with Crippen LogP contribution >= 0.6 is 0 Å². The van der Waals surface area contributed by atoms with Crippen LogP contribution in [-0.2, 0) is 0 Å². The molecule has 9 nitrogen and oxygen atoms in total. The number of nitrogens with one attached hydrogen (secondary N) is 2. The molecular weight excluding hydrogens is 402 g/mol. The van der Waals surface area contributed by atoms with E-state index < -0.39 is 12.5 Å². The van der Waals surface area contributed by atoms with E-state index in [1.807, 2.05) is 0 Å². The van der Waals surface area contributed by atoms with Crippen molar-refractivity contribution in [3.05, 3.63) is 42.0 Å². The van der Waals surface area contributed by atoms with Gasteiger partial charge in [0.15, 0.2) is 17.3 Å². The van der Waals surface area contributed by atoms with Gasteiger partial charge < -0.3 is 18.9 Å². The third kappa shape index (κ3) is 4.40. The number of alkyl halides is 2. The van der Waals surface area contributed by atoms with Crippen molar-refractivity contribution in [2.45, 2.75) is 6.61 Å². The van der Waals surface area contributed by atoms with E-state index in [2.05, 4.69) is 25.2 Å². The minimum Gasteiger partial charge on any atom is -0.497 e. The normalized spacial score (nSPS) is 10.6. The lowest BCUT2D eigenvalue weighted by Crippen LogP contribution is -2.16. The molecule has 30 heavy (non-hydrogen) atoms. The molecule has 0 aliphatic carbocycles. The Morgan fingerprint density at radius 2 is 1.83 bits per heavy atom. The number of H-pyrrole nitrogens is 1. The molecule has 0 unspecified atom stereocenters. The molecule has 158 valence electrons. The summed E-state index contributed by atoms with van der Waals surface area (Å²) in [4.78, 5) is 16.8. The molecule has 1 aromatic heterocycles. The maximum atomic E-state index is 12.8. The van der Waals surface area contributed by atoms with Crippen molar-refractivity contribution in [2.24, 2.45) is 0 Å². The quantitative estimate of drug-likeness (QED) is 0.575. The number of benzene rings is 2. The van der Waals surface area contributed by atoms with Gasteiger partial charge in [-0.15, -0.1) is 5.10 Å². The van der Waals surface area contributed by atoms with Crippen LogP contribution in [0.3, 0.4) is 0 Å². The first kappa shape index (κ1) is 20.8. The van der Waals surface area contributed by atoms with E-state index in [-0.39, 0.29) is 23.0 Å². The number of ether oxygens (including phenoxy) is 4. The Bertz CT molecular complexity index is 1040. The van der Waals surface area contributed by atoms with Gasteiger partial charge in [0.2, 0.25) is 5.95 Å². The number of nitrogens with zero attached hydrogens (tertiary/aromatic N) is 2. The van der Waals surface area contributed by atoms with Crippen molar-refractivity contribution in [3.8, 4) is 34.4 Å². The van der Waals surface area contributed by atoms with Crippen LogP contribution in [-0.4, -0.2) is 49.0 Å². The van der Waals surface area contributed by atoms with Gasteiger partial charge in [-0.2, -0.15) is 13.8 Å². The number of aromatic nitrogens is 3. The van der Waals surface area contributed by atoms with Crippen molar-refractivity contribution >= 4 is 11.9 Å². The fourth-order valence-electron chi connectivity index (χ4n) is 2.67.